The zero-order chi connectivity index (χ0) is 38.1. The van der Waals surface area contributed by atoms with Crippen molar-refractivity contribution >= 4 is 46.7 Å². The lowest BCUT2D eigenvalue weighted by Gasteiger charge is -2.47. The minimum absolute atomic E-state index is 0.126. The number of hydrogen-bond donors (Lipinski definition) is 1. The summed E-state index contributed by atoms with van der Waals surface area (Å²) in [5.74, 6) is 0.927. The van der Waals surface area contributed by atoms with Crippen LogP contribution in [0, 0.1) is 6.92 Å². The van der Waals surface area contributed by atoms with Crippen molar-refractivity contribution in [1.29, 1.82) is 0 Å². The predicted octanol–water partition coefficient (Wildman–Crippen LogP) is 8.06. The van der Waals surface area contributed by atoms with Gasteiger partial charge in [-0.05, 0) is 75.2 Å². The second kappa shape index (κ2) is 15.1. The van der Waals surface area contributed by atoms with E-state index in [1.54, 1.807) is 18.5 Å². The molecule has 4 aromatic rings. The number of amidine groups is 1. The number of aromatic nitrogens is 2. The molecule has 2 aliphatic heterocycles. The van der Waals surface area contributed by atoms with E-state index in [4.69, 9.17) is 37.9 Å². The Kier molecular flexibility index (Phi) is 10.9. The zero-order valence-corrected chi connectivity index (χ0v) is 32.9. The topological polar surface area (TPSA) is 103 Å². The van der Waals surface area contributed by atoms with Gasteiger partial charge in [0, 0.05) is 65.8 Å². The van der Waals surface area contributed by atoms with Crippen molar-refractivity contribution in [2.24, 2.45) is 4.99 Å². The predicted molar refractivity (Wildman–Crippen MR) is 211 cm³/mol. The van der Waals surface area contributed by atoms with Crippen LogP contribution in [0.4, 0.5) is 10.5 Å². The van der Waals surface area contributed by atoms with Crippen LogP contribution < -0.4 is 10.1 Å². The smallest absolute Gasteiger partial charge is 0.326 e. The number of halogens is 2. The number of benzene rings is 2. The fourth-order valence-corrected chi connectivity index (χ4v) is 7.36. The maximum absolute atomic E-state index is 15.3. The molecule has 0 saturated carbocycles. The average molecular weight is 757 g/mol. The number of anilines is 1. The van der Waals surface area contributed by atoms with E-state index < -0.39 is 11.1 Å². The molecule has 278 valence electrons. The third-order valence-electron chi connectivity index (χ3n) is 10.4. The van der Waals surface area contributed by atoms with Crippen molar-refractivity contribution in [1.82, 2.24) is 24.7 Å². The SMILES string of the molecule is CCOc1cc(C(C)(C)C)ncc1C1=N[C@@](C)(c2ccc(Cl)cc2)[C@@](C)(c2ccc(Cl)cc2)N1C(=O)N1CCN(CC(=O)Nc2cccnc2C)CC1. The van der Waals surface area contributed by atoms with Gasteiger partial charge < -0.3 is 15.0 Å². The Balaban J connectivity index is 1.41. The van der Waals surface area contributed by atoms with Gasteiger partial charge in [0.05, 0.1) is 30.1 Å². The minimum Gasteiger partial charge on any atom is -0.493 e. The van der Waals surface area contributed by atoms with Crippen molar-refractivity contribution in [2.75, 3.05) is 44.6 Å². The lowest BCUT2D eigenvalue weighted by Crippen LogP contribution is -2.61. The van der Waals surface area contributed by atoms with Crippen LogP contribution in [0.2, 0.25) is 10.0 Å². The van der Waals surface area contributed by atoms with Gasteiger partial charge >= 0.3 is 6.03 Å². The van der Waals surface area contributed by atoms with E-state index in [-0.39, 0.29) is 23.9 Å². The number of amides is 3. The van der Waals surface area contributed by atoms with Crippen LogP contribution in [-0.4, -0.2) is 81.8 Å². The first kappa shape index (κ1) is 38.2. The van der Waals surface area contributed by atoms with E-state index in [0.29, 0.717) is 65.7 Å². The molecule has 4 heterocycles. The normalized spacial score (nSPS) is 20.7. The lowest BCUT2D eigenvalue weighted by atomic mass is 9.71. The molecule has 0 bridgehead atoms. The number of urea groups is 1. The Morgan fingerprint density at radius 3 is 2.11 bits per heavy atom. The van der Waals surface area contributed by atoms with Gasteiger partial charge in [-0.15, -0.1) is 0 Å². The number of nitrogens with one attached hydrogen (secondary N) is 1. The maximum atomic E-state index is 15.3. The second-order valence-electron chi connectivity index (χ2n) is 14.9. The lowest BCUT2D eigenvalue weighted by molar-refractivity contribution is -0.117. The highest BCUT2D eigenvalue weighted by Gasteiger charge is 2.60. The molecule has 1 fully saturated rings. The molecule has 6 rings (SSSR count). The van der Waals surface area contributed by atoms with E-state index >= 15 is 4.79 Å². The molecule has 0 aliphatic carbocycles. The molecule has 3 amide bonds. The average Bonchev–Trinajstić information content (AvgIpc) is 3.37. The quantitative estimate of drug-likeness (QED) is 0.195. The molecular formula is C41H47Cl2N7O3. The number of aryl methyl sites for hydroxylation is 1. The van der Waals surface area contributed by atoms with Crippen LogP contribution >= 0.6 is 23.2 Å². The summed E-state index contributed by atoms with van der Waals surface area (Å²) in [5, 5.41) is 4.15. The van der Waals surface area contributed by atoms with Crippen molar-refractivity contribution in [2.45, 2.75) is 65.0 Å². The molecule has 1 N–H and O–H groups in total. The summed E-state index contributed by atoms with van der Waals surface area (Å²) < 4.78 is 6.28. The van der Waals surface area contributed by atoms with E-state index in [9.17, 15) is 4.79 Å². The van der Waals surface area contributed by atoms with Crippen molar-refractivity contribution in [3.8, 4) is 5.75 Å². The fourth-order valence-electron chi connectivity index (χ4n) is 7.11. The van der Waals surface area contributed by atoms with Crippen LogP contribution in [0.15, 0.2) is 84.1 Å². The summed E-state index contributed by atoms with van der Waals surface area (Å²) >= 11 is 12.8. The molecule has 1 saturated heterocycles. The van der Waals surface area contributed by atoms with Gasteiger partial charge in [-0.2, -0.15) is 0 Å². The number of carbonyl (C=O) groups excluding carboxylic acids is 2. The molecule has 0 radical (unpaired) electrons. The fraction of sp³-hybridized carbons (Fsp3) is 0.390. The van der Waals surface area contributed by atoms with Crippen molar-refractivity contribution < 1.29 is 14.3 Å². The van der Waals surface area contributed by atoms with Crippen LogP contribution in [0.1, 0.15) is 69.6 Å². The molecular weight excluding hydrogens is 709 g/mol. The summed E-state index contributed by atoms with van der Waals surface area (Å²) in [4.78, 5) is 48.6. The van der Waals surface area contributed by atoms with Gasteiger partial charge in [0.2, 0.25) is 5.91 Å². The van der Waals surface area contributed by atoms with Gasteiger partial charge in [-0.1, -0.05) is 68.2 Å². The second-order valence-corrected chi connectivity index (χ2v) is 15.8. The van der Waals surface area contributed by atoms with E-state index in [1.807, 2.05) is 84.3 Å². The molecule has 10 nitrogen and oxygen atoms in total. The zero-order valence-electron chi connectivity index (χ0n) is 31.4. The third kappa shape index (κ3) is 7.50. The van der Waals surface area contributed by atoms with E-state index in [1.165, 1.54) is 0 Å². The summed E-state index contributed by atoms with van der Waals surface area (Å²) in [6.07, 6.45) is 3.48. The highest BCUT2D eigenvalue weighted by Crippen LogP contribution is 2.54. The highest BCUT2D eigenvalue weighted by molar-refractivity contribution is 6.30. The van der Waals surface area contributed by atoms with Crippen LogP contribution in [-0.2, 0) is 21.3 Å². The molecule has 53 heavy (non-hydrogen) atoms. The first-order chi connectivity index (χ1) is 25.2. The first-order valence-corrected chi connectivity index (χ1v) is 18.7. The molecule has 12 heteroatoms. The van der Waals surface area contributed by atoms with Gasteiger partial charge in [0.25, 0.3) is 0 Å². The Labute approximate surface area is 322 Å². The highest BCUT2D eigenvalue weighted by atomic mass is 35.5. The Morgan fingerprint density at radius 1 is 0.906 bits per heavy atom. The number of carbonyl (C=O) groups is 2. The third-order valence-corrected chi connectivity index (χ3v) is 10.9. The van der Waals surface area contributed by atoms with Crippen LogP contribution in [0.25, 0.3) is 0 Å². The van der Waals surface area contributed by atoms with Crippen molar-refractivity contribution in [3.63, 3.8) is 0 Å². The summed E-state index contributed by atoms with van der Waals surface area (Å²) in [5.41, 5.74) is 2.37. The van der Waals surface area contributed by atoms with Gasteiger partial charge in [-0.3, -0.25) is 29.6 Å². The molecule has 2 aliphatic rings. The summed E-state index contributed by atoms with van der Waals surface area (Å²) in [6.45, 7) is 16.7. The number of hydrogen-bond acceptors (Lipinski definition) is 7. The molecule has 0 spiro atoms. The van der Waals surface area contributed by atoms with Gasteiger partial charge in [0.1, 0.15) is 22.7 Å². The Morgan fingerprint density at radius 2 is 1.53 bits per heavy atom. The Bertz CT molecular complexity index is 2010. The number of piperazine rings is 1. The first-order valence-electron chi connectivity index (χ1n) is 17.9. The monoisotopic (exact) mass is 755 g/mol. The largest absolute Gasteiger partial charge is 0.493 e. The van der Waals surface area contributed by atoms with Crippen molar-refractivity contribution in [3.05, 3.63) is 117 Å². The summed E-state index contributed by atoms with van der Waals surface area (Å²) in [6, 6.07) is 20.6. The van der Waals surface area contributed by atoms with E-state index in [2.05, 4.69) is 49.8 Å². The Hall–Kier alpha value is -4.51. The van der Waals surface area contributed by atoms with Crippen LogP contribution in [0.5, 0.6) is 5.75 Å². The molecule has 2 aromatic carbocycles. The van der Waals surface area contributed by atoms with E-state index in [0.717, 1.165) is 22.5 Å². The molecule has 2 aromatic heterocycles. The number of nitrogens with zero attached hydrogens (tertiary/aromatic N) is 6. The minimum atomic E-state index is -1.05. The number of pyridine rings is 2. The molecule has 0 unspecified atom stereocenters. The number of aliphatic imine (C=N–C) groups is 1. The standard InChI is InChI=1S/C41H47Cl2N7O3/c1-8-53-34-24-35(39(3,4)5)45-25-32(34)37-47-40(6,28-11-15-30(42)16-12-28)41(7,29-13-17-31(43)18-14-29)50(37)38(52)49-22-20-48(21-23-49)26-36(51)46-33-10-9-19-44-27(33)2/h9-19,24-25H,8,20-23,26H2,1-7H3,(H,46,51)/t40-,41+/m0/s1. The maximum Gasteiger partial charge on any atom is 0.326 e. The van der Waals surface area contributed by atoms with Gasteiger partial charge in [0.15, 0.2) is 0 Å². The summed E-state index contributed by atoms with van der Waals surface area (Å²) in [7, 11) is 0. The number of ether oxygens (including phenoxy) is 1. The molecule has 2 atom stereocenters. The van der Waals surface area contributed by atoms with Crippen LogP contribution in [0.3, 0.4) is 0 Å². The number of rotatable bonds is 8. The van der Waals surface area contributed by atoms with Gasteiger partial charge in [-0.25, -0.2) is 4.79 Å².